The maximum absolute atomic E-state index is 2.29. The van der Waals surface area contributed by atoms with E-state index in [9.17, 15) is 0 Å². The summed E-state index contributed by atoms with van der Waals surface area (Å²) in [6, 6.07) is 0. The van der Waals surface area contributed by atoms with Gasteiger partial charge in [-0.1, -0.05) is 13.3 Å². The molecule has 0 heterocycles. The van der Waals surface area contributed by atoms with Crippen LogP contribution in [0.5, 0.6) is 0 Å². The minimum atomic E-state index is 0.960. The van der Waals surface area contributed by atoms with Crippen molar-refractivity contribution in [2.45, 2.75) is 88.2 Å². The number of hydrogen-bond acceptors (Lipinski definition) is 0. The molecule has 0 aliphatic rings. The second-order valence-corrected chi connectivity index (χ2v) is 7.74. The number of hydrogen-bond donors (Lipinski definition) is 0. The molecule has 0 fully saturated rings. The van der Waals surface area contributed by atoms with Crippen LogP contribution in [0.3, 0.4) is 0 Å². The summed E-state index contributed by atoms with van der Waals surface area (Å²) in [6.45, 7) is 2.29. The van der Waals surface area contributed by atoms with Crippen molar-refractivity contribution < 1.29 is 0 Å². The van der Waals surface area contributed by atoms with Gasteiger partial charge in [-0.15, -0.1) is 0 Å². The molecule has 0 saturated carbocycles. The molecule has 0 aliphatic heterocycles. The zero-order valence-corrected chi connectivity index (χ0v) is 16.9. The summed E-state index contributed by atoms with van der Waals surface area (Å²) >= 11 is 0.960. The quantitative estimate of drug-likeness (QED) is 0.457. The summed E-state index contributed by atoms with van der Waals surface area (Å²) < 4.78 is 1.58. The van der Waals surface area contributed by atoms with E-state index in [1.54, 1.807) is 4.18 Å². The Labute approximate surface area is 112 Å². The molecule has 15 heavy (non-hydrogen) atoms. The Morgan fingerprint density at radius 2 is 0.867 bits per heavy atom. The summed E-state index contributed by atoms with van der Waals surface area (Å²) in [5.74, 6) is 0. The maximum atomic E-state index is 2.29. The van der Waals surface area contributed by atoms with Crippen molar-refractivity contribution in [3.63, 3.8) is 0 Å². The summed E-state index contributed by atoms with van der Waals surface area (Å²) in [5, 5.41) is 0. The molecule has 0 aliphatic carbocycles. The van der Waals surface area contributed by atoms with E-state index in [0.717, 1.165) is 24.4 Å². The van der Waals surface area contributed by atoms with Crippen LogP contribution in [0.4, 0.5) is 0 Å². The van der Waals surface area contributed by atoms with Crippen LogP contribution in [0.2, 0.25) is 4.18 Å². The van der Waals surface area contributed by atoms with Crippen molar-refractivity contribution in [1.82, 2.24) is 0 Å². The molecule has 1 heteroatoms. The van der Waals surface area contributed by atoms with Gasteiger partial charge in [0.2, 0.25) is 0 Å². The van der Waals surface area contributed by atoms with Gasteiger partial charge in [-0.25, -0.2) is 0 Å². The van der Waals surface area contributed by atoms with Gasteiger partial charge >= 0.3 is 99.2 Å². The SMILES string of the molecule is CCCCCCCCCCCCC[CH2][InH2]. The minimum absolute atomic E-state index is 0.960. The zero-order chi connectivity index (χ0) is 11.2. The molecule has 0 aromatic heterocycles. The standard InChI is InChI=1S/C14H29.In.2H/c1-3-5-7-9-11-13-14-12-10-8-6-4-2;;;/h1,3-14H2,2H3;;;. The zero-order valence-electron chi connectivity index (χ0n) is 11.2. The van der Waals surface area contributed by atoms with Gasteiger partial charge in [0.15, 0.2) is 0 Å². The summed E-state index contributed by atoms with van der Waals surface area (Å²) in [6.07, 6.45) is 17.8. The van der Waals surface area contributed by atoms with Crippen LogP contribution in [0.25, 0.3) is 0 Å². The third kappa shape index (κ3) is 14.9. The topological polar surface area (TPSA) is 0 Å². The predicted molar refractivity (Wildman–Crippen MR) is 74.4 cm³/mol. The first-order chi connectivity index (χ1) is 7.41. The van der Waals surface area contributed by atoms with Crippen molar-refractivity contribution in [3.8, 4) is 0 Å². The molecule has 0 saturated heterocycles. The number of rotatable bonds is 12. The molecule has 0 aromatic carbocycles. The second-order valence-electron chi connectivity index (χ2n) is 4.89. The molecule has 0 aromatic rings. The normalized spacial score (nSPS) is 10.7. The van der Waals surface area contributed by atoms with Crippen LogP contribution < -0.4 is 0 Å². The Bertz CT molecular complexity index is 89.5. The second kappa shape index (κ2) is 14.9. The van der Waals surface area contributed by atoms with Gasteiger partial charge in [0.25, 0.3) is 0 Å². The number of unbranched alkanes of at least 4 members (excludes halogenated alkanes) is 11. The van der Waals surface area contributed by atoms with E-state index < -0.39 is 0 Å². The van der Waals surface area contributed by atoms with Crippen molar-refractivity contribution in [3.05, 3.63) is 0 Å². The van der Waals surface area contributed by atoms with Crippen LogP contribution in [0.1, 0.15) is 84.0 Å². The van der Waals surface area contributed by atoms with Crippen molar-refractivity contribution in [2.75, 3.05) is 0 Å². The van der Waals surface area contributed by atoms with Gasteiger partial charge < -0.3 is 0 Å². The van der Waals surface area contributed by atoms with Gasteiger partial charge in [0.1, 0.15) is 0 Å². The molecule has 0 rings (SSSR count). The van der Waals surface area contributed by atoms with Crippen molar-refractivity contribution >= 4 is 24.4 Å². The molecule has 0 N–H and O–H groups in total. The molecule has 0 spiro atoms. The van der Waals surface area contributed by atoms with Crippen molar-refractivity contribution in [1.29, 1.82) is 0 Å². The van der Waals surface area contributed by atoms with E-state index in [1.165, 1.54) is 77.0 Å². The Balaban J connectivity index is 2.81. The summed E-state index contributed by atoms with van der Waals surface area (Å²) in [7, 11) is 0. The van der Waals surface area contributed by atoms with Crippen LogP contribution >= 0.6 is 0 Å². The Morgan fingerprint density at radius 1 is 0.533 bits per heavy atom. The molecule has 0 bridgehead atoms. The van der Waals surface area contributed by atoms with Crippen LogP contribution in [0.15, 0.2) is 0 Å². The molecular formula is C14H31In. The molecule has 0 unspecified atom stereocenters. The van der Waals surface area contributed by atoms with Crippen LogP contribution in [-0.2, 0) is 0 Å². The Kier molecular flexibility index (Phi) is 15.7. The van der Waals surface area contributed by atoms with Gasteiger partial charge in [0, 0.05) is 0 Å². The van der Waals surface area contributed by atoms with E-state index in [4.69, 9.17) is 0 Å². The molecule has 90 valence electrons. The van der Waals surface area contributed by atoms with E-state index in [0.29, 0.717) is 0 Å². The van der Waals surface area contributed by atoms with Gasteiger partial charge in [0.05, 0.1) is 0 Å². The van der Waals surface area contributed by atoms with Gasteiger partial charge in [-0.05, 0) is 0 Å². The molecular weight excluding hydrogens is 283 g/mol. The molecule has 0 amide bonds. The average Bonchev–Trinajstić information content (AvgIpc) is 2.26. The molecule has 0 radical (unpaired) electrons. The third-order valence-corrected chi connectivity index (χ3v) is 5.23. The molecule has 0 nitrogen and oxygen atoms in total. The first-order valence-corrected chi connectivity index (χ1v) is 11.5. The van der Waals surface area contributed by atoms with Crippen LogP contribution in [-0.4, -0.2) is 24.4 Å². The average molecular weight is 314 g/mol. The fourth-order valence-electron chi connectivity index (χ4n) is 2.09. The van der Waals surface area contributed by atoms with E-state index in [-0.39, 0.29) is 0 Å². The Morgan fingerprint density at radius 3 is 1.20 bits per heavy atom. The molecule has 0 atom stereocenters. The van der Waals surface area contributed by atoms with E-state index >= 15 is 0 Å². The summed E-state index contributed by atoms with van der Waals surface area (Å²) in [4.78, 5) is 0. The fourth-order valence-corrected chi connectivity index (χ4v) is 3.52. The van der Waals surface area contributed by atoms with Crippen molar-refractivity contribution in [2.24, 2.45) is 0 Å². The van der Waals surface area contributed by atoms with E-state index in [2.05, 4.69) is 6.92 Å². The van der Waals surface area contributed by atoms with E-state index in [1.807, 2.05) is 0 Å². The van der Waals surface area contributed by atoms with Crippen LogP contribution in [0, 0.1) is 0 Å². The monoisotopic (exact) mass is 314 g/mol. The summed E-state index contributed by atoms with van der Waals surface area (Å²) in [5.41, 5.74) is 0. The first kappa shape index (κ1) is 15.9. The fraction of sp³-hybridized carbons (Fsp3) is 1.00. The predicted octanol–water partition coefficient (Wildman–Crippen LogP) is 4.74. The Hall–Kier alpha value is 0.870. The van der Waals surface area contributed by atoms with Gasteiger partial charge in [-0.3, -0.25) is 0 Å². The first-order valence-electron chi connectivity index (χ1n) is 7.41. The van der Waals surface area contributed by atoms with Gasteiger partial charge in [-0.2, -0.15) is 0 Å². The third-order valence-electron chi connectivity index (χ3n) is 3.21.